The van der Waals surface area contributed by atoms with Crippen LogP contribution in [-0.2, 0) is 16.6 Å². The van der Waals surface area contributed by atoms with Crippen LogP contribution in [-0.4, -0.2) is 13.5 Å². The lowest BCUT2D eigenvalue weighted by Crippen LogP contribution is -2.29. The van der Waals surface area contributed by atoms with E-state index in [-0.39, 0.29) is 17.5 Å². The highest BCUT2D eigenvalue weighted by Gasteiger charge is 2.22. The normalized spacial score (nSPS) is 13.0. The molecule has 0 fully saturated rings. The van der Waals surface area contributed by atoms with Crippen molar-refractivity contribution in [2.45, 2.75) is 30.9 Å². The fraction of sp³-hybridized carbons (Fsp3) is 0.250. The lowest BCUT2D eigenvalue weighted by molar-refractivity contribution is 0.278. The van der Waals surface area contributed by atoms with Gasteiger partial charge in [0.05, 0.1) is 11.5 Å². The predicted molar refractivity (Wildman–Crippen MR) is 82.2 cm³/mol. The average Bonchev–Trinajstić information content (AvgIpc) is 2.53. The second-order valence-electron chi connectivity index (χ2n) is 4.76. The van der Waals surface area contributed by atoms with E-state index < -0.39 is 10.0 Å². The Balaban J connectivity index is 2.32. The summed E-state index contributed by atoms with van der Waals surface area (Å²) in [5, 5.41) is 9.30. The first-order valence-corrected chi connectivity index (χ1v) is 8.33. The highest BCUT2D eigenvalue weighted by atomic mass is 32.2. The molecule has 0 aliphatic heterocycles. The van der Waals surface area contributed by atoms with Gasteiger partial charge in [-0.15, -0.1) is 0 Å². The van der Waals surface area contributed by atoms with Crippen LogP contribution >= 0.6 is 0 Å². The number of hydrogen-bond acceptors (Lipinski definition) is 3. The topological polar surface area (TPSA) is 66.4 Å². The van der Waals surface area contributed by atoms with Gasteiger partial charge in [-0.25, -0.2) is 13.1 Å². The molecule has 21 heavy (non-hydrogen) atoms. The van der Waals surface area contributed by atoms with Gasteiger partial charge in [0, 0.05) is 6.04 Å². The van der Waals surface area contributed by atoms with Gasteiger partial charge < -0.3 is 5.11 Å². The maximum Gasteiger partial charge on any atom is 0.241 e. The third kappa shape index (κ3) is 3.69. The van der Waals surface area contributed by atoms with E-state index in [9.17, 15) is 13.5 Å². The Labute approximate surface area is 125 Å². The molecular weight excluding hydrogens is 286 g/mol. The van der Waals surface area contributed by atoms with Crippen LogP contribution in [0.2, 0.25) is 0 Å². The third-order valence-corrected chi connectivity index (χ3v) is 4.91. The Kier molecular flexibility index (Phi) is 5.12. The summed E-state index contributed by atoms with van der Waals surface area (Å²) in [7, 11) is -3.67. The van der Waals surface area contributed by atoms with Gasteiger partial charge in [0.2, 0.25) is 10.0 Å². The van der Waals surface area contributed by atoms with Crippen molar-refractivity contribution in [1.29, 1.82) is 0 Å². The summed E-state index contributed by atoms with van der Waals surface area (Å²) in [6.07, 6.45) is 0.643. The van der Waals surface area contributed by atoms with E-state index in [1.807, 2.05) is 37.3 Å². The predicted octanol–water partition coefficient (Wildman–Crippen LogP) is 2.61. The molecule has 0 saturated heterocycles. The number of aliphatic hydroxyl groups is 1. The molecule has 0 aliphatic rings. The molecule has 4 nitrogen and oxygen atoms in total. The second-order valence-corrected chi connectivity index (χ2v) is 6.44. The zero-order chi connectivity index (χ0) is 15.3. The minimum Gasteiger partial charge on any atom is -0.392 e. The summed E-state index contributed by atoms with van der Waals surface area (Å²) in [5.41, 5.74) is 1.32. The second kappa shape index (κ2) is 6.85. The van der Waals surface area contributed by atoms with E-state index in [1.165, 1.54) is 6.07 Å². The minimum atomic E-state index is -3.67. The van der Waals surface area contributed by atoms with Crippen molar-refractivity contribution in [2.24, 2.45) is 0 Å². The lowest BCUT2D eigenvalue weighted by atomic mass is 10.1. The van der Waals surface area contributed by atoms with Crippen LogP contribution in [0.3, 0.4) is 0 Å². The highest BCUT2D eigenvalue weighted by Crippen LogP contribution is 2.22. The SMILES string of the molecule is CCC(NS(=O)(=O)c1ccccc1CO)c1ccccc1. The molecule has 0 aliphatic carbocycles. The van der Waals surface area contributed by atoms with Gasteiger partial charge >= 0.3 is 0 Å². The zero-order valence-corrected chi connectivity index (χ0v) is 12.7. The van der Waals surface area contributed by atoms with Gasteiger partial charge in [-0.1, -0.05) is 55.5 Å². The first-order chi connectivity index (χ1) is 10.1. The van der Waals surface area contributed by atoms with Crippen LogP contribution in [0, 0.1) is 0 Å². The Bertz CT molecular complexity index is 684. The Morgan fingerprint density at radius 2 is 1.67 bits per heavy atom. The number of sulfonamides is 1. The smallest absolute Gasteiger partial charge is 0.241 e. The van der Waals surface area contributed by atoms with E-state index in [0.717, 1.165) is 5.56 Å². The third-order valence-electron chi connectivity index (χ3n) is 3.34. The molecule has 5 heteroatoms. The van der Waals surface area contributed by atoms with Crippen LogP contribution in [0.4, 0.5) is 0 Å². The summed E-state index contributed by atoms with van der Waals surface area (Å²) >= 11 is 0. The molecule has 2 N–H and O–H groups in total. The van der Waals surface area contributed by atoms with Crippen molar-refractivity contribution < 1.29 is 13.5 Å². The maximum atomic E-state index is 12.5. The molecule has 0 amide bonds. The monoisotopic (exact) mass is 305 g/mol. The summed E-state index contributed by atoms with van der Waals surface area (Å²) in [6, 6.07) is 15.6. The summed E-state index contributed by atoms with van der Waals surface area (Å²) in [5.74, 6) is 0. The Morgan fingerprint density at radius 1 is 1.05 bits per heavy atom. The minimum absolute atomic E-state index is 0.127. The van der Waals surface area contributed by atoms with Crippen LogP contribution in [0.1, 0.15) is 30.5 Å². The van der Waals surface area contributed by atoms with Crippen LogP contribution in [0.5, 0.6) is 0 Å². The number of nitrogens with one attached hydrogen (secondary N) is 1. The van der Waals surface area contributed by atoms with Crippen LogP contribution < -0.4 is 4.72 Å². The molecule has 0 spiro atoms. The van der Waals surface area contributed by atoms with Gasteiger partial charge in [0.1, 0.15) is 0 Å². The molecule has 0 heterocycles. The van der Waals surface area contributed by atoms with E-state index in [1.54, 1.807) is 18.2 Å². The summed E-state index contributed by atoms with van der Waals surface area (Å²) < 4.78 is 27.8. The molecule has 2 aromatic carbocycles. The van der Waals surface area contributed by atoms with Gasteiger partial charge in [-0.3, -0.25) is 0 Å². The van der Waals surface area contributed by atoms with Crippen molar-refractivity contribution in [2.75, 3.05) is 0 Å². The standard InChI is InChI=1S/C16H19NO3S/c1-2-15(13-8-4-3-5-9-13)17-21(19,20)16-11-7-6-10-14(16)12-18/h3-11,15,17-18H,2,12H2,1H3. The summed E-state index contributed by atoms with van der Waals surface area (Å²) in [6.45, 7) is 1.62. The molecule has 0 aromatic heterocycles. The molecule has 2 aromatic rings. The Hall–Kier alpha value is -1.69. The molecule has 0 saturated carbocycles. The first kappa shape index (κ1) is 15.7. The first-order valence-electron chi connectivity index (χ1n) is 6.84. The quantitative estimate of drug-likeness (QED) is 0.862. The Morgan fingerprint density at radius 3 is 2.29 bits per heavy atom. The molecule has 0 radical (unpaired) electrons. The molecule has 0 bridgehead atoms. The van der Waals surface area contributed by atoms with Crippen molar-refractivity contribution in [3.05, 3.63) is 65.7 Å². The largest absolute Gasteiger partial charge is 0.392 e. The van der Waals surface area contributed by atoms with Crippen molar-refractivity contribution in [3.8, 4) is 0 Å². The van der Waals surface area contributed by atoms with E-state index in [0.29, 0.717) is 12.0 Å². The van der Waals surface area contributed by atoms with E-state index in [4.69, 9.17) is 0 Å². The fourth-order valence-electron chi connectivity index (χ4n) is 2.22. The zero-order valence-electron chi connectivity index (χ0n) is 11.9. The number of hydrogen-bond donors (Lipinski definition) is 2. The lowest BCUT2D eigenvalue weighted by Gasteiger charge is -2.18. The highest BCUT2D eigenvalue weighted by molar-refractivity contribution is 7.89. The van der Waals surface area contributed by atoms with Crippen molar-refractivity contribution in [1.82, 2.24) is 4.72 Å². The van der Waals surface area contributed by atoms with E-state index in [2.05, 4.69) is 4.72 Å². The van der Waals surface area contributed by atoms with E-state index >= 15 is 0 Å². The van der Waals surface area contributed by atoms with Gasteiger partial charge in [0.25, 0.3) is 0 Å². The fourth-order valence-corrected chi connectivity index (χ4v) is 3.76. The van der Waals surface area contributed by atoms with Gasteiger partial charge in [0.15, 0.2) is 0 Å². The number of rotatable bonds is 6. The molecule has 1 unspecified atom stereocenters. The van der Waals surface area contributed by atoms with Crippen LogP contribution in [0.25, 0.3) is 0 Å². The summed E-state index contributed by atoms with van der Waals surface area (Å²) in [4.78, 5) is 0.127. The van der Waals surface area contributed by atoms with Gasteiger partial charge in [-0.2, -0.15) is 0 Å². The molecule has 2 rings (SSSR count). The average molecular weight is 305 g/mol. The number of aliphatic hydroxyl groups excluding tert-OH is 1. The van der Waals surface area contributed by atoms with Crippen molar-refractivity contribution in [3.63, 3.8) is 0 Å². The van der Waals surface area contributed by atoms with Crippen LogP contribution in [0.15, 0.2) is 59.5 Å². The number of benzene rings is 2. The maximum absolute atomic E-state index is 12.5. The van der Waals surface area contributed by atoms with Crippen molar-refractivity contribution >= 4 is 10.0 Å². The molecule has 1 atom stereocenters. The molecule has 112 valence electrons. The molecular formula is C16H19NO3S. The van der Waals surface area contributed by atoms with Gasteiger partial charge in [-0.05, 0) is 23.6 Å².